The molecule has 0 unspecified atom stereocenters. The third-order valence-electron chi connectivity index (χ3n) is 1.98. The Kier molecular flexibility index (Phi) is 4.65. The zero-order chi connectivity index (χ0) is 14.8. The van der Waals surface area contributed by atoms with Crippen LogP contribution in [0.3, 0.4) is 0 Å². The molecular weight excluding hydrogens is 310 g/mol. The van der Waals surface area contributed by atoms with Crippen molar-refractivity contribution in [3.05, 3.63) is 27.7 Å². The molecule has 1 amide bonds. The van der Waals surface area contributed by atoms with Gasteiger partial charge in [0.25, 0.3) is 0 Å². The van der Waals surface area contributed by atoms with Gasteiger partial charge in [-0.15, -0.1) is 0 Å². The van der Waals surface area contributed by atoms with Crippen LogP contribution in [0.15, 0.2) is 12.1 Å². The van der Waals surface area contributed by atoms with Crippen LogP contribution in [0.1, 0.15) is 5.56 Å². The molecule has 0 spiro atoms. The van der Waals surface area contributed by atoms with E-state index in [1.807, 2.05) is 0 Å². The highest BCUT2D eigenvalue weighted by molar-refractivity contribution is 6.36. The number of aliphatic carboxylic acids is 1. The highest BCUT2D eigenvalue weighted by Gasteiger charge is 2.38. The van der Waals surface area contributed by atoms with Crippen LogP contribution in [0, 0.1) is 0 Å². The van der Waals surface area contributed by atoms with E-state index < -0.39 is 24.5 Å². The Morgan fingerprint density at radius 2 is 1.68 bits per heavy atom. The number of carboxylic acid groups (broad SMARTS) is 1. The van der Waals surface area contributed by atoms with Crippen molar-refractivity contribution in [2.75, 3.05) is 5.32 Å². The molecule has 0 radical (unpaired) electrons. The van der Waals surface area contributed by atoms with Gasteiger partial charge in [0.15, 0.2) is 0 Å². The van der Waals surface area contributed by atoms with Gasteiger partial charge >= 0.3 is 18.1 Å². The number of amides is 1. The number of carbonyl (C=O) groups is 2. The van der Waals surface area contributed by atoms with Gasteiger partial charge < -0.3 is 10.4 Å². The van der Waals surface area contributed by atoms with Crippen LogP contribution in [0.2, 0.25) is 10.0 Å². The van der Waals surface area contributed by atoms with Crippen molar-refractivity contribution in [2.24, 2.45) is 0 Å². The van der Waals surface area contributed by atoms with Crippen LogP contribution in [-0.2, 0) is 16.0 Å². The number of hydrogen-bond donors (Lipinski definition) is 2. The monoisotopic (exact) mass is 315 g/mol. The van der Waals surface area contributed by atoms with Crippen LogP contribution in [0.25, 0.3) is 0 Å². The average molecular weight is 316 g/mol. The molecule has 0 fully saturated rings. The number of hydrogen-bond acceptors (Lipinski definition) is 2. The minimum Gasteiger partial charge on any atom is -0.481 e. The van der Waals surface area contributed by atoms with Gasteiger partial charge in [0.2, 0.25) is 0 Å². The summed E-state index contributed by atoms with van der Waals surface area (Å²) in [4.78, 5) is 21.2. The van der Waals surface area contributed by atoms with Crippen LogP contribution in [0.4, 0.5) is 18.9 Å². The molecule has 0 saturated heterocycles. The molecule has 0 aliphatic carbocycles. The van der Waals surface area contributed by atoms with Crippen molar-refractivity contribution in [3.8, 4) is 0 Å². The summed E-state index contributed by atoms with van der Waals surface area (Å²) < 4.78 is 36.1. The zero-order valence-electron chi connectivity index (χ0n) is 9.02. The predicted octanol–water partition coefficient (Wildman–Crippen LogP) is 3.12. The predicted molar refractivity (Wildman–Crippen MR) is 62.5 cm³/mol. The molecule has 0 bridgehead atoms. The van der Waals surface area contributed by atoms with Crippen molar-refractivity contribution in [1.82, 2.24) is 0 Å². The molecule has 1 rings (SSSR count). The molecule has 104 valence electrons. The highest BCUT2D eigenvalue weighted by Crippen LogP contribution is 2.30. The van der Waals surface area contributed by atoms with Gasteiger partial charge in [-0.05, 0) is 12.1 Å². The van der Waals surface area contributed by atoms with Gasteiger partial charge in [0.1, 0.15) is 0 Å². The van der Waals surface area contributed by atoms with Gasteiger partial charge in [-0.1, -0.05) is 23.2 Å². The molecule has 9 heteroatoms. The van der Waals surface area contributed by atoms with Crippen LogP contribution in [-0.4, -0.2) is 23.2 Å². The Morgan fingerprint density at radius 1 is 1.21 bits per heavy atom. The summed E-state index contributed by atoms with van der Waals surface area (Å²) in [5.74, 6) is -3.37. The Bertz CT molecular complexity index is 508. The van der Waals surface area contributed by atoms with E-state index in [9.17, 15) is 22.8 Å². The summed E-state index contributed by atoms with van der Waals surface area (Å²) in [6.07, 6.45) is -5.52. The fourth-order valence-corrected chi connectivity index (χ4v) is 1.82. The minimum absolute atomic E-state index is 0.0563. The maximum Gasteiger partial charge on any atom is 0.471 e. The smallest absolute Gasteiger partial charge is 0.471 e. The molecule has 0 aliphatic rings. The van der Waals surface area contributed by atoms with E-state index >= 15 is 0 Å². The molecule has 2 N–H and O–H groups in total. The van der Waals surface area contributed by atoms with Gasteiger partial charge in [0, 0.05) is 21.3 Å². The molecule has 0 aromatic heterocycles. The lowest BCUT2D eigenvalue weighted by atomic mass is 10.1. The fraction of sp³-hybridized carbons (Fsp3) is 0.200. The molecule has 1 aromatic carbocycles. The summed E-state index contributed by atoms with van der Waals surface area (Å²) >= 11 is 11.4. The number of benzene rings is 1. The Balaban J connectivity index is 3.02. The molecule has 0 aliphatic heterocycles. The molecule has 1 aromatic rings. The third-order valence-corrected chi connectivity index (χ3v) is 2.66. The first-order chi connectivity index (χ1) is 8.61. The minimum atomic E-state index is -5.04. The lowest BCUT2D eigenvalue weighted by Crippen LogP contribution is -2.29. The highest BCUT2D eigenvalue weighted by atomic mass is 35.5. The van der Waals surface area contributed by atoms with E-state index in [0.717, 1.165) is 12.1 Å². The number of anilines is 1. The number of nitrogens with one attached hydrogen (secondary N) is 1. The quantitative estimate of drug-likeness (QED) is 0.900. The third kappa shape index (κ3) is 4.29. The maximum absolute atomic E-state index is 12.0. The van der Waals surface area contributed by atoms with Gasteiger partial charge in [-0.3, -0.25) is 9.59 Å². The van der Waals surface area contributed by atoms with E-state index in [0.29, 0.717) is 0 Å². The van der Waals surface area contributed by atoms with Crippen LogP contribution >= 0.6 is 23.2 Å². The number of alkyl halides is 3. The van der Waals surface area contributed by atoms with E-state index in [4.69, 9.17) is 28.3 Å². The average Bonchev–Trinajstić information content (AvgIpc) is 2.21. The Labute approximate surface area is 115 Å². The van der Waals surface area contributed by atoms with Crippen molar-refractivity contribution >= 4 is 40.8 Å². The van der Waals surface area contributed by atoms with E-state index in [1.165, 1.54) is 0 Å². The second-order valence-electron chi connectivity index (χ2n) is 3.44. The summed E-state index contributed by atoms with van der Waals surface area (Å²) in [7, 11) is 0. The van der Waals surface area contributed by atoms with Crippen LogP contribution in [0.5, 0.6) is 0 Å². The molecular formula is C10H6Cl2F3NO3. The van der Waals surface area contributed by atoms with Gasteiger partial charge in [0.05, 0.1) is 6.42 Å². The topological polar surface area (TPSA) is 66.4 Å². The second kappa shape index (κ2) is 5.66. The molecule has 4 nitrogen and oxygen atoms in total. The zero-order valence-corrected chi connectivity index (χ0v) is 10.5. The molecule has 19 heavy (non-hydrogen) atoms. The van der Waals surface area contributed by atoms with E-state index in [2.05, 4.69) is 0 Å². The normalized spacial score (nSPS) is 11.2. The van der Waals surface area contributed by atoms with E-state index in [1.54, 1.807) is 5.32 Å². The SMILES string of the molecule is O=C(O)Cc1c(Cl)cc(NC(=O)C(F)(F)F)cc1Cl. The number of carbonyl (C=O) groups excluding carboxylic acids is 1. The van der Waals surface area contributed by atoms with E-state index in [-0.39, 0.29) is 21.3 Å². The molecule has 0 heterocycles. The van der Waals surface area contributed by atoms with Crippen LogP contribution < -0.4 is 5.32 Å². The first-order valence-corrected chi connectivity index (χ1v) is 5.44. The first kappa shape index (κ1) is 15.6. The largest absolute Gasteiger partial charge is 0.481 e. The summed E-state index contributed by atoms with van der Waals surface area (Å²) in [5.41, 5.74) is -0.215. The van der Waals surface area contributed by atoms with Crippen molar-refractivity contribution in [2.45, 2.75) is 12.6 Å². The van der Waals surface area contributed by atoms with Crippen molar-refractivity contribution < 1.29 is 27.9 Å². The standard InChI is InChI=1S/C10H6Cl2F3NO3/c11-6-1-4(16-9(19)10(13,14)15)2-7(12)5(6)3-8(17)18/h1-2H,3H2,(H,16,19)(H,17,18). The number of rotatable bonds is 3. The molecule has 0 atom stereocenters. The maximum atomic E-state index is 12.0. The fourth-order valence-electron chi connectivity index (χ4n) is 1.20. The first-order valence-electron chi connectivity index (χ1n) is 4.69. The number of halogens is 5. The van der Waals surface area contributed by atoms with Crippen molar-refractivity contribution in [3.63, 3.8) is 0 Å². The number of carboxylic acids is 1. The second-order valence-corrected chi connectivity index (χ2v) is 4.26. The summed E-state index contributed by atoms with van der Waals surface area (Å²) in [6, 6.07) is 1.99. The lowest BCUT2D eigenvalue weighted by Gasteiger charge is -2.11. The Morgan fingerprint density at radius 3 is 2.05 bits per heavy atom. The Hall–Kier alpha value is -1.47. The summed E-state index contributed by atoms with van der Waals surface area (Å²) in [5, 5.41) is 9.87. The lowest BCUT2D eigenvalue weighted by molar-refractivity contribution is -0.167. The van der Waals surface area contributed by atoms with Crippen molar-refractivity contribution in [1.29, 1.82) is 0 Å². The van der Waals surface area contributed by atoms with Gasteiger partial charge in [-0.25, -0.2) is 0 Å². The van der Waals surface area contributed by atoms with Gasteiger partial charge in [-0.2, -0.15) is 13.2 Å². The summed E-state index contributed by atoms with van der Waals surface area (Å²) in [6.45, 7) is 0. The molecule has 0 saturated carbocycles.